The first-order chi connectivity index (χ1) is 7.09. The number of nitrogens with zero attached hydrogens (tertiary/aromatic N) is 5. The standard InChI is InChI=1S/C8H10N6O/c1-5-3-6(13(2)12-5)7(15)14-8(9)10-4-11-14/h3-4H,1-2H3,(H2,9,10,11). The van der Waals surface area contributed by atoms with Crippen LogP contribution in [-0.4, -0.2) is 30.5 Å². The van der Waals surface area contributed by atoms with E-state index in [1.807, 2.05) is 6.92 Å². The summed E-state index contributed by atoms with van der Waals surface area (Å²) in [6.07, 6.45) is 1.23. The van der Waals surface area contributed by atoms with Crippen molar-refractivity contribution in [1.29, 1.82) is 0 Å². The quantitative estimate of drug-likeness (QED) is 0.684. The molecule has 0 aromatic carbocycles. The second-order valence-electron chi connectivity index (χ2n) is 3.13. The molecule has 2 rings (SSSR count). The maximum atomic E-state index is 11.9. The Balaban J connectivity index is 2.45. The van der Waals surface area contributed by atoms with Gasteiger partial charge in [0.2, 0.25) is 5.95 Å². The van der Waals surface area contributed by atoms with Crippen molar-refractivity contribution in [3.8, 4) is 0 Å². The van der Waals surface area contributed by atoms with Gasteiger partial charge in [-0.1, -0.05) is 0 Å². The zero-order chi connectivity index (χ0) is 11.0. The van der Waals surface area contributed by atoms with E-state index in [9.17, 15) is 4.79 Å². The van der Waals surface area contributed by atoms with Gasteiger partial charge in [-0.2, -0.15) is 19.9 Å². The van der Waals surface area contributed by atoms with Gasteiger partial charge in [0.25, 0.3) is 5.91 Å². The molecule has 0 saturated heterocycles. The van der Waals surface area contributed by atoms with Crippen molar-refractivity contribution < 1.29 is 4.79 Å². The van der Waals surface area contributed by atoms with Crippen molar-refractivity contribution in [1.82, 2.24) is 24.5 Å². The summed E-state index contributed by atoms with van der Waals surface area (Å²) in [5.41, 5.74) is 6.66. The van der Waals surface area contributed by atoms with E-state index in [-0.39, 0.29) is 11.9 Å². The van der Waals surface area contributed by atoms with Crippen LogP contribution in [0.5, 0.6) is 0 Å². The molecule has 78 valence electrons. The Labute approximate surface area is 85.5 Å². The van der Waals surface area contributed by atoms with Gasteiger partial charge in [-0.05, 0) is 13.0 Å². The average molecular weight is 206 g/mol. The summed E-state index contributed by atoms with van der Waals surface area (Å²) >= 11 is 0. The monoisotopic (exact) mass is 206 g/mol. The smallest absolute Gasteiger partial charge is 0.299 e. The highest BCUT2D eigenvalue weighted by molar-refractivity contribution is 5.95. The fourth-order valence-electron chi connectivity index (χ4n) is 1.33. The number of rotatable bonds is 1. The van der Waals surface area contributed by atoms with Gasteiger partial charge in [-0.3, -0.25) is 9.48 Å². The Morgan fingerprint density at radius 2 is 2.27 bits per heavy atom. The molecule has 0 atom stereocenters. The van der Waals surface area contributed by atoms with Gasteiger partial charge in [0.15, 0.2) is 0 Å². The second-order valence-corrected chi connectivity index (χ2v) is 3.13. The molecule has 0 fully saturated rings. The minimum atomic E-state index is -0.340. The van der Waals surface area contributed by atoms with E-state index in [0.717, 1.165) is 10.4 Å². The molecule has 0 amide bonds. The van der Waals surface area contributed by atoms with Crippen molar-refractivity contribution in [3.63, 3.8) is 0 Å². The van der Waals surface area contributed by atoms with Crippen LogP contribution in [0.2, 0.25) is 0 Å². The zero-order valence-electron chi connectivity index (χ0n) is 8.38. The third kappa shape index (κ3) is 1.47. The Kier molecular flexibility index (Phi) is 2.00. The normalized spacial score (nSPS) is 10.5. The lowest BCUT2D eigenvalue weighted by Gasteiger charge is -2.00. The molecule has 0 unspecified atom stereocenters. The first-order valence-corrected chi connectivity index (χ1v) is 4.30. The van der Waals surface area contributed by atoms with Gasteiger partial charge in [-0.15, -0.1) is 0 Å². The molecule has 0 aliphatic carbocycles. The molecule has 2 N–H and O–H groups in total. The summed E-state index contributed by atoms with van der Waals surface area (Å²) in [6.45, 7) is 1.81. The summed E-state index contributed by atoms with van der Waals surface area (Å²) in [4.78, 5) is 15.6. The summed E-state index contributed by atoms with van der Waals surface area (Å²) in [5, 5.41) is 7.80. The summed E-state index contributed by atoms with van der Waals surface area (Å²) in [5.74, 6) is -0.271. The average Bonchev–Trinajstić information content (AvgIpc) is 2.71. The van der Waals surface area contributed by atoms with Gasteiger partial charge in [0, 0.05) is 7.05 Å². The molecule has 2 aromatic heterocycles. The number of carbonyl (C=O) groups excluding carboxylic acids is 1. The van der Waals surface area contributed by atoms with E-state index in [1.165, 1.54) is 11.0 Å². The molecule has 0 bridgehead atoms. The zero-order valence-corrected chi connectivity index (χ0v) is 8.38. The van der Waals surface area contributed by atoms with E-state index in [0.29, 0.717) is 5.69 Å². The van der Waals surface area contributed by atoms with Gasteiger partial charge in [0.05, 0.1) is 5.69 Å². The second kappa shape index (κ2) is 3.19. The van der Waals surface area contributed by atoms with Crippen LogP contribution in [0.1, 0.15) is 16.2 Å². The third-order valence-corrected chi connectivity index (χ3v) is 1.99. The topological polar surface area (TPSA) is 91.6 Å². The van der Waals surface area contributed by atoms with Crippen LogP contribution in [-0.2, 0) is 7.05 Å². The van der Waals surface area contributed by atoms with Crippen molar-refractivity contribution in [2.75, 3.05) is 5.73 Å². The molecule has 2 heterocycles. The van der Waals surface area contributed by atoms with Gasteiger partial charge in [-0.25, -0.2) is 0 Å². The molecule has 0 radical (unpaired) electrons. The first-order valence-electron chi connectivity index (χ1n) is 4.30. The highest BCUT2D eigenvalue weighted by atomic mass is 16.2. The lowest BCUT2D eigenvalue weighted by Crippen LogP contribution is -2.19. The third-order valence-electron chi connectivity index (χ3n) is 1.99. The lowest BCUT2D eigenvalue weighted by molar-refractivity contribution is 0.0938. The van der Waals surface area contributed by atoms with Crippen LogP contribution in [0, 0.1) is 6.92 Å². The molecular formula is C8H10N6O. The maximum Gasteiger partial charge on any atom is 0.299 e. The fraction of sp³-hybridized carbons (Fsp3) is 0.250. The highest BCUT2D eigenvalue weighted by Gasteiger charge is 2.16. The molecule has 15 heavy (non-hydrogen) atoms. The summed E-state index contributed by atoms with van der Waals surface area (Å²) in [7, 11) is 1.69. The number of hydrogen-bond acceptors (Lipinski definition) is 5. The number of aromatic nitrogens is 5. The van der Waals surface area contributed by atoms with Crippen LogP contribution in [0.25, 0.3) is 0 Å². The number of carbonyl (C=O) groups is 1. The predicted octanol–water partition coefficient (Wildman–Crippen LogP) is -0.409. The van der Waals surface area contributed by atoms with Crippen molar-refractivity contribution in [3.05, 3.63) is 23.8 Å². The minimum absolute atomic E-state index is 0.0684. The maximum absolute atomic E-state index is 11.9. The molecule has 0 aliphatic heterocycles. The molecule has 0 saturated carbocycles. The van der Waals surface area contributed by atoms with Crippen molar-refractivity contribution >= 4 is 11.9 Å². The Morgan fingerprint density at radius 3 is 2.73 bits per heavy atom. The summed E-state index contributed by atoms with van der Waals surface area (Å²) < 4.78 is 2.52. The number of aryl methyl sites for hydroxylation is 2. The Hall–Kier alpha value is -2.18. The van der Waals surface area contributed by atoms with Crippen molar-refractivity contribution in [2.45, 2.75) is 6.92 Å². The van der Waals surface area contributed by atoms with E-state index in [4.69, 9.17) is 5.73 Å². The highest BCUT2D eigenvalue weighted by Crippen LogP contribution is 2.06. The molecule has 0 spiro atoms. The molecule has 2 aromatic rings. The van der Waals surface area contributed by atoms with E-state index >= 15 is 0 Å². The molecular weight excluding hydrogens is 196 g/mol. The number of nitrogens with two attached hydrogens (primary N) is 1. The Morgan fingerprint density at radius 1 is 1.53 bits per heavy atom. The van der Waals surface area contributed by atoms with Crippen LogP contribution in [0.15, 0.2) is 12.4 Å². The minimum Gasteiger partial charge on any atom is -0.368 e. The number of nitrogen functional groups attached to an aromatic ring is 1. The van der Waals surface area contributed by atoms with E-state index in [1.54, 1.807) is 13.1 Å². The molecule has 7 heteroatoms. The largest absolute Gasteiger partial charge is 0.368 e. The molecule has 7 nitrogen and oxygen atoms in total. The van der Waals surface area contributed by atoms with Crippen LogP contribution >= 0.6 is 0 Å². The number of anilines is 1. The summed E-state index contributed by atoms with van der Waals surface area (Å²) in [6, 6.07) is 1.67. The van der Waals surface area contributed by atoms with Crippen LogP contribution < -0.4 is 5.73 Å². The Bertz CT molecular complexity index is 511. The predicted molar refractivity (Wildman–Crippen MR) is 52.1 cm³/mol. The van der Waals surface area contributed by atoms with Gasteiger partial charge < -0.3 is 5.73 Å². The first kappa shape index (κ1) is 9.38. The van der Waals surface area contributed by atoms with E-state index < -0.39 is 0 Å². The van der Waals surface area contributed by atoms with E-state index in [2.05, 4.69) is 15.2 Å². The lowest BCUT2D eigenvalue weighted by atomic mass is 10.3. The van der Waals surface area contributed by atoms with Crippen LogP contribution in [0.3, 0.4) is 0 Å². The van der Waals surface area contributed by atoms with Crippen LogP contribution in [0.4, 0.5) is 5.95 Å². The fourth-order valence-corrected chi connectivity index (χ4v) is 1.33. The van der Waals surface area contributed by atoms with Gasteiger partial charge >= 0.3 is 0 Å². The SMILES string of the molecule is Cc1cc(C(=O)n2ncnc2N)n(C)n1. The van der Waals surface area contributed by atoms with Gasteiger partial charge in [0.1, 0.15) is 12.0 Å². The number of hydrogen-bond donors (Lipinski definition) is 1. The molecule has 0 aliphatic rings. The van der Waals surface area contributed by atoms with Crippen molar-refractivity contribution in [2.24, 2.45) is 7.05 Å².